The maximum Gasteiger partial charge on any atom is 0.0998 e. The normalized spacial score (nSPS) is 31.7. The molecule has 2 saturated heterocycles. The molecule has 3 heterocycles. The van der Waals surface area contributed by atoms with Crippen molar-refractivity contribution in [2.24, 2.45) is 5.92 Å². The lowest BCUT2D eigenvalue weighted by atomic mass is 9.81. The van der Waals surface area contributed by atoms with Crippen LogP contribution >= 0.6 is 11.3 Å². The van der Waals surface area contributed by atoms with E-state index in [2.05, 4.69) is 25.8 Å². The fraction of sp³-hybridized carbons (Fsp3) is 0.812. The Balaban J connectivity index is 1.72. The topological polar surface area (TPSA) is 51.6 Å². The standard InChI is InChI=1S/C16H25NO3S/c1-15(2,3)14-17-12(9-21-14)13(18)11-4-6-20-16(8-11)5-7-19-10-16/h9,11,13,18H,4-8,10H2,1-3H3. The molecule has 0 amide bonds. The van der Waals surface area contributed by atoms with E-state index >= 15 is 0 Å². The Morgan fingerprint density at radius 3 is 2.86 bits per heavy atom. The molecule has 1 N–H and O–H groups in total. The molecule has 3 unspecified atom stereocenters. The molecule has 4 nitrogen and oxygen atoms in total. The van der Waals surface area contributed by atoms with Crippen molar-refractivity contribution in [1.29, 1.82) is 0 Å². The molecule has 0 bridgehead atoms. The molecule has 1 aromatic rings. The van der Waals surface area contributed by atoms with Crippen LogP contribution < -0.4 is 0 Å². The summed E-state index contributed by atoms with van der Waals surface area (Å²) in [6.07, 6.45) is 2.22. The van der Waals surface area contributed by atoms with Gasteiger partial charge in [-0.15, -0.1) is 11.3 Å². The minimum absolute atomic E-state index is 0.0405. The zero-order chi connectivity index (χ0) is 15.1. The summed E-state index contributed by atoms with van der Waals surface area (Å²) in [5.74, 6) is 0.218. The van der Waals surface area contributed by atoms with Gasteiger partial charge in [0, 0.05) is 30.4 Å². The zero-order valence-electron chi connectivity index (χ0n) is 13.1. The first-order chi connectivity index (χ1) is 9.90. The molecule has 0 aromatic carbocycles. The molecule has 0 radical (unpaired) electrons. The molecular formula is C16H25NO3S. The Morgan fingerprint density at radius 1 is 1.43 bits per heavy atom. The van der Waals surface area contributed by atoms with E-state index in [-0.39, 0.29) is 16.9 Å². The molecule has 3 atom stereocenters. The second kappa shape index (κ2) is 5.61. The molecule has 0 saturated carbocycles. The molecule has 2 aliphatic rings. The molecule has 1 spiro atoms. The zero-order valence-corrected chi connectivity index (χ0v) is 13.9. The third kappa shape index (κ3) is 3.16. The van der Waals surface area contributed by atoms with E-state index in [1.54, 1.807) is 11.3 Å². The lowest BCUT2D eigenvalue weighted by Gasteiger charge is -2.38. The molecule has 118 valence electrons. The highest BCUT2D eigenvalue weighted by molar-refractivity contribution is 7.09. The van der Waals surface area contributed by atoms with E-state index < -0.39 is 6.10 Å². The van der Waals surface area contributed by atoms with Crippen LogP contribution in [0.25, 0.3) is 0 Å². The lowest BCUT2D eigenvalue weighted by molar-refractivity contribution is -0.117. The number of rotatable bonds is 2. The third-order valence-electron chi connectivity index (χ3n) is 4.51. The van der Waals surface area contributed by atoms with Gasteiger partial charge in [-0.2, -0.15) is 0 Å². The van der Waals surface area contributed by atoms with E-state index in [0.29, 0.717) is 13.2 Å². The van der Waals surface area contributed by atoms with Gasteiger partial charge in [0.25, 0.3) is 0 Å². The molecule has 3 rings (SSSR count). The molecule has 2 fully saturated rings. The summed E-state index contributed by atoms with van der Waals surface area (Å²) >= 11 is 1.65. The maximum atomic E-state index is 10.7. The number of ether oxygens (including phenoxy) is 2. The van der Waals surface area contributed by atoms with Gasteiger partial charge in [-0.3, -0.25) is 0 Å². The van der Waals surface area contributed by atoms with Crippen LogP contribution in [0.1, 0.15) is 56.8 Å². The molecule has 5 heteroatoms. The number of nitrogens with zero attached hydrogens (tertiary/aromatic N) is 1. The quantitative estimate of drug-likeness (QED) is 0.912. The highest BCUT2D eigenvalue weighted by Gasteiger charge is 2.43. The summed E-state index contributed by atoms with van der Waals surface area (Å²) in [7, 11) is 0. The van der Waals surface area contributed by atoms with E-state index in [1.165, 1.54) is 0 Å². The van der Waals surface area contributed by atoms with E-state index in [0.717, 1.165) is 36.6 Å². The van der Waals surface area contributed by atoms with Crippen LogP contribution in [0.4, 0.5) is 0 Å². The number of aliphatic hydroxyl groups is 1. The van der Waals surface area contributed by atoms with Crippen LogP contribution in [-0.4, -0.2) is 35.5 Å². The number of aliphatic hydroxyl groups excluding tert-OH is 1. The van der Waals surface area contributed by atoms with Gasteiger partial charge in [0.15, 0.2) is 0 Å². The molecule has 21 heavy (non-hydrogen) atoms. The molecule has 2 aliphatic heterocycles. The van der Waals surface area contributed by atoms with E-state index in [1.807, 2.05) is 5.38 Å². The Labute approximate surface area is 130 Å². The van der Waals surface area contributed by atoms with Crippen LogP contribution in [0.2, 0.25) is 0 Å². The van der Waals surface area contributed by atoms with Gasteiger partial charge < -0.3 is 14.6 Å². The van der Waals surface area contributed by atoms with Crippen molar-refractivity contribution in [3.8, 4) is 0 Å². The average Bonchev–Trinajstić information content (AvgIpc) is 3.07. The molecular weight excluding hydrogens is 286 g/mol. The second-order valence-electron chi connectivity index (χ2n) is 7.36. The van der Waals surface area contributed by atoms with Crippen molar-refractivity contribution >= 4 is 11.3 Å². The van der Waals surface area contributed by atoms with Crippen molar-refractivity contribution in [2.75, 3.05) is 19.8 Å². The van der Waals surface area contributed by atoms with Crippen molar-refractivity contribution in [3.63, 3.8) is 0 Å². The van der Waals surface area contributed by atoms with Crippen molar-refractivity contribution in [1.82, 2.24) is 4.98 Å². The number of hydrogen-bond acceptors (Lipinski definition) is 5. The predicted octanol–water partition coefficient (Wildman–Crippen LogP) is 3.06. The average molecular weight is 311 g/mol. The van der Waals surface area contributed by atoms with Gasteiger partial charge in [0.05, 0.1) is 29.0 Å². The number of thiazole rings is 1. The minimum Gasteiger partial charge on any atom is -0.386 e. The smallest absolute Gasteiger partial charge is 0.0998 e. The van der Waals surface area contributed by atoms with Crippen molar-refractivity contribution in [3.05, 3.63) is 16.1 Å². The summed E-state index contributed by atoms with van der Waals surface area (Å²) in [4.78, 5) is 4.67. The first kappa shape index (κ1) is 15.4. The second-order valence-corrected chi connectivity index (χ2v) is 8.22. The Bertz CT molecular complexity index is 488. The summed E-state index contributed by atoms with van der Waals surface area (Å²) in [6.45, 7) is 8.61. The highest BCUT2D eigenvalue weighted by Crippen LogP contribution is 2.41. The van der Waals surface area contributed by atoms with E-state index in [9.17, 15) is 5.11 Å². The first-order valence-corrected chi connectivity index (χ1v) is 8.63. The lowest BCUT2D eigenvalue weighted by Crippen LogP contribution is -2.41. The SMILES string of the molecule is CC(C)(C)c1nc(C(O)C2CCOC3(CCOC3)C2)cs1. The first-order valence-electron chi connectivity index (χ1n) is 7.75. The van der Waals surface area contributed by atoms with Crippen molar-refractivity contribution in [2.45, 2.75) is 57.2 Å². The van der Waals surface area contributed by atoms with Gasteiger partial charge >= 0.3 is 0 Å². The Morgan fingerprint density at radius 2 is 2.24 bits per heavy atom. The fourth-order valence-corrected chi connectivity index (χ4v) is 4.14. The van der Waals surface area contributed by atoms with Crippen LogP contribution in [0.5, 0.6) is 0 Å². The van der Waals surface area contributed by atoms with Crippen LogP contribution in [0.3, 0.4) is 0 Å². The molecule has 1 aromatic heterocycles. The number of hydrogen-bond donors (Lipinski definition) is 1. The van der Waals surface area contributed by atoms with Gasteiger partial charge in [-0.05, 0) is 18.8 Å². The molecule has 0 aliphatic carbocycles. The summed E-state index contributed by atoms with van der Waals surface area (Å²) < 4.78 is 11.4. The minimum atomic E-state index is -0.487. The van der Waals surface area contributed by atoms with Gasteiger partial charge in [0.1, 0.15) is 0 Å². The van der Waals surface area contributed by atoms with Crippen LogP contribution in [0, 0.1) is 5.92 Å². The fourth-order valence-electron chi connectivity index (χ4n) is 3.21. The number of aromatic nitrogens is 1. The monoisotopic (exact) mass is 311 g/mol. The van der Waals surface area contributed by atoms with Crippen LogP contribution in [0.15, 0.2) is 5.38 Å². The summed E-state index contributed by atoms with van der Waals surface area (Å²) in [5, 5.41) is 13.8. The third-order valence-corrected chi connectivity index (χ3v) is 5.80. The predicted molar refractivity (Wildman–Crippen MR) is 82.6 cm³/mol. The largest absolute Gasteiger partial charge is 0.386 e. The van der Waals surface area contributed by atoms with Gasteiger partial charge in [-0.1, -0.05) is 20.8 Å². The maximum absolute atomic E-state index is 10.7. The highest BCUT2D eigenvalue weighted by atomic mass is 32.1. The van der Waals surface area contributed by atoms with Crippen LogP contribution in [-0.2, 0) is 14.9 Å². The van der Waals surface area contributed by atoms with Crippen molar-refractivity contribution < 1.29 is 14.6 Å². The van der Waals surface area contributed by atoms with Gasteiger partial charge in [0.2, 0.25) is 0 Å². The summed E-state index contributed by atoms with van der Waals surface area (Å²) in [5.41, 5.74) is 0.705. The van der Waals surface area contributed by atoms with Gasteiger partial charge in [-0.25, -0.2) is 4.98 Å². The Kier molecular flexibility index (Phi) is 4.12. The Hall–Kier alpha value is -0.490. The van der Waals surface area contributed by atoms with E-state index in [4.69, 9.17) is 9.47 Å². The summed E-state index contributed by atoms with van der Waals surface area (Å²) in [6, 6.07) is 0.